The second kappa shape index (κ2) is 8.00. The smallest absolute Gasteiger partial charge is 0.0548 e. The number of nitrogens with one attached hydrogen (secondary N) is 1. The molecule has 1 unspecified atom stereocenters. The van der Waals surface area contributed by atoms with Crippen LogP contribution in [0.4, 0.5) is 5.69 Å². The first-order chi connectivity index (χ1) is 11.4. The van der Waals surface area contributed by atoms with Crippen molar-refractivity contribution in [1.29, 1.82) is 0 Å². The van der Waals surface area contributed by atoms with Gasteiger partial charge in [0.25, 0.3) is 0 Å². The molecule has 0 saturated heterocycles. The fourth-order valence-electron chi connectivity index (χ4n) is 2.60. The van der Waals surface area contributed by atoms with Gasteiger partial charge in [-0.1, -0.05) is 91.0 Å². The van der Waals surface area contributed by atoms with Gasteiger partial charge >= 0.3 is 0 Å². The van der Waals surface area contributed by atoms with Crippen LogP contribution in [0.5, 0.6) is 0 Å². The maximum atomic E-state index is 3.63. The molecule has 1 nitrogen and oxygen atoms in total. The van der Waals surface area contributed by atoms with Gasteiger partial charge in [-0.25, -0.2) is 0 Å². The highest BCUT2D eigenvalue weighted by atomic mass is 14.9. The molecule has 0 heterocycles. The highest BCUT2D eigenvalue weighted by Crippen LogP contribution is 2.23. The molecule has 3 aromatic carbocycles. The van der Waals surface area contributed by atoms with Crippen molar-refractivity contribution >= 4 is 11.8 Å². The van der Waals surface area contributed by atoms with Gasteiger partial charge in [0.1, 0.15) is 0 Å². The van der Waals surface area contributed by atoms with E-state index in [0.29, 0.717) is 0 Å². The quantitative estimate of drug-likeness (QED) is 0.593. The van der Waals surface area contributed by atoms with Gasteiger partial charge in [-0.3, -0.25) is 0 Å². The molecule has 0 spiro atoms. The Kier molecular flexibility index (Phi) is 5.25. The fourth-order valence-corrected chi connectivity index (χ4v) is 2.60. The summed E-state index contributed by atoms with van der Waals surface area (Å²) in [6, 6.07) is 31.7. The van der Waals surface area contributed by atoms with Crippen LogP contribution in [0.2, 0.25) is 0 Å². The Morgan fingerprint density at radius 1 is 0.696 bits per heavy atom. The molecule has 114 valence electrons. The van der Waals surface area contributed by atoms with Gasteiger partial charge in [-0.2, -0.15) is 0 Å². The first-order valence-corrected chi connectivity index (χ1v) is 8.00. The molecule has 0 fully saturated rings. The molecule has 0 aliphatic heterocycles. The summed E-state index contributed by atoms with van der Waals surface area (Å²) in [5.41, 5.74) is 3.68. The minimum absolute atomic E-state index is 0.263. The van der Waals surface area contributed by atoms with Crippen LogP contribution in [-0.4, -0.2) is 0 Å². The molecule has 0 amide bonds. The lowest BCUT2D eigenvalue weighted by Crippen LogP contribution is -2.09. The topological polar surface area (TPSA) is 12.0 Å². The third-order valence-corrected chi connectivity index (χ3v) is 3.80. The summed E-state index contributed by atoms with van der Waals surface area (Å²) in [6.07, 6.45) is 5.36. The molecule has 0 saturated carbocycles. The van der Waals surface area contributed by atoms with Gasteiger partial charge in [0.05, 0.1) is 6.04 Å². The van der Waals surface area contributed by atoms with Gasteiger partial charge in [0, 0.05) is 5.69 Å². The van der Waals surface area contributed by atoms with Gasteiger partial charge in [-0.15, -0.1) is 0 Å². The minimum atomic E-state index is 0.263. The Bertz CT molecular complexity index is 718. The Hall–Kier alpha value is -2.80. The van der Waals surface area contributed by atoms with E-state index in [-0.39, 0.29) is 6.04 Å². The normalized spacial score (nSPS) is 12.2. The van der Waals surface area contributed by atoms with Crippen molar-refractivity contribution < 1.29 is 0 Å². The van der Waals surface area contributed by atoms with Gasteiger partial charge < -0.3 is 5.32 Å². The van der Waals surface area contributed by atoms with Crippen LogP contribution in [0.3, 0.4) is 0 Å². The number of rotatable bonds is 6. The van der Waals surface area contributed by atoms with Crippen LogP contribution < -0.4 is 5.32 Å². The van der Waals surface area contributed by atoms with E-state index >= 15 is 0 Å². The second-order valence-corrected chi connectivity index (χ2v) is 5.52. The highest BCUT2D eigenvalue weighted by Gasteiger charge is 2.09. The van der Waals surface area contributed by atoms with Crippen LogP contribution in [0, 0.1) is 0 Å². The van der Waals surface area contributed by atoms with Crippen LogP contribution >= 0.6 is 0 Å². The van der Waals surface area contributed by atoms with E-state index < -0.39 is 0 Å². The molecular formula is C22H21N. The van der Waals surface area contributed by atoms with E-state index in [9.17, 15) is 0 Å². The average Bonchev–Trinajstić information content (AvgIpc) is 2.63. The summed E-state index contributed by atoms with van der Waals surface area (Å²) >= 11 is 0. The molecule has 1 atom stereocenters. The van der Waals surface area contributed by atoms with Gasteiger partial charge in [0.2, 0.25) is 0 Å². The molecule has 1 N–H and O–H groups in total. The summed E-state index contributed by atoms with van der Waals surface area (Å²) < 4.78 is 0. The first-order valence-electron chi connectivity index (χ1n) is 8.00. The van der Waals surface area contributed by atoms with Gasteiger partial charge in [-0.05, 0) is 29.7 Å². The van der Waals surface area contributed by atoms with Crippen molar-refractivity contribution in [2.75, 3.05) is 5.32 Å². The monoisotopic (exact) mass is 299 g/mol. The lowest BCUT2D eigenvalue weighted by atomic mass is 10.0. The number of hydrogen-bond donors (Lipinski definition) is 1. The third-order valence-electron chi connectivity index (χ3n) is 3.80. The average molecular weight is 299 g/mol. The van der Waals surface area contributed by atoms with Crippen molar-refractivity contribution in [3.8, 4) is 0 Å². The number of anilines is 1. The molecule has 3 rings (SSSR count). The lowest BCUT2D eigenvalue weighted by molar-refractivity contribution is 0.800. The first kappa shape index (κ1) is 15.1. The largest absolute Gasteiger partial charge is 0.378 e. The molecule has 0 aliphatic rings. The molecule has 3 aromatic rings. The molecule has 0 aliphatic carbocycles. The van der Waals surface area contributed by atoms with E-state index in [1.165, 1.54) is 11.1 Å². The lowest BCUT2D eigenvalue weighted by Gasteiger charge is -2.19. The minimum Gasteiger partial charge on any atom is -0.378 e. The number of para-hydroxylation sites is 1. The standard InChI is InChI=1S/C22H21N/c1-4-11-19(12-5-1)13-10-18-22(20-14-6-2-7-15-20)23-21-16-8-3-9-17-21/h1-17,22-23H,18H2/b13-10+. The van der Waals surface area contributed by atoms with Crippen LogP contribution in [-0.2, 0) is 0 Å². The van der Waals surface area contributed by atoms with Crippen LogP contribution in [0.25, 0.3) is 6.08 Å². The summed E-state index contributed by atoms with van der Waals surface area (Å²) in [5, 5.41) is 3.63. The summed E-state index contributed by atoms with van der Waals surface area (Å²) in [5.74, 6) is 0. The summed E-state index contributed by atoms with van der Waals surface area (Å²) in [4.78, 5) is 0. The molecule has 0 aromatic heterocycles. The third kappa shape index (κ3) is 4.58. The highest BCUT2D eigenvalue weighted by molar-refractivity contribution is 5.50. The maximum Gasteiger partial charge on any atom is 0.0548 e. The Balaban J connectivity index is 1.74. The Labute approximate surface area is 138 Å². The van der Waals surface area contributed by atoms with E-state index in [2.05, 4.69) is 96.3 Å². The fraction of sp³-hybridized carbons (Fsp3) is 0.0909. The Morgan fingerprint density at radius 3 is 1.91 bits per heavy atom. The van der Waals surface area contributed by atoms with Crippen molar-refractivity contribution in [2.45, 2.75) is 12.5 Å². The molecule has 0 bridgehead atoms. The van der Waals surface area contributed by atoms with Crippen molar-refractivity contribution in [3.63, 3.8) is 0 Å². The van der Waals surface area contributed by atoms with Crippen molar-refractivity contribution in [3.05, 3.63) is 108 Å². The predicted molar refractivity (Wildman–Crippen MR) is 99.3 cm³/mol. The van der Waals surface area contributed by atoms with Crippen molar-refractivity contribution in [1.82, 2.24) is 0 Å². The van der Waals surface area contributed by atoms with E-state index in [0.717, 1.165) is 12.1 Å². The number of hydrogen-bond acceptors (Lipinski definition) is 1. The van der Waals surface area contributed by atoms with Crippen LogP contribution in [0.15, 0.2) is 97.1 Å². The van der Waals surface area contributed by atoms with Gasteiger partial charge in [0.15, 0.2) is 0 Å². The zero-order chi connectivity index (χ0) is 15.7. The molecule has 23 heavy (non-hydrogen) atoms. The zero-order valence-electron chi connectivity index (χ0n) is 13.1. The summed E-state index contributed by atoms with van der Waals surface area (Å²) in [6.45, 7) is 0. The molecule has 0 radical (unpaired) electrons. The predicted octanol–water partition coefficient (Wildman–Crippen LogP) is 5.94. The maximum absolute atomic E-state index is 3.63. The van der Waals surface area contributed by atoms with E-state index in [1.54, 1.807) is 0 Å². The molecule has 1 heteroatoms. The SMILES string of the molecule is C(=C\c1ccccc1)/CC(Nc1ccccc1)c1ccccc1. The number of benzene rings is 3. The van der Waals surface area contributed by atoms with Crippen LogP contribution in [0.1, 0.15) is 23.6 Å². The van der Waals surface area contributed by atoms with Crippen molar-refractivity contribution in [2.24, 2.45) is 0 Å². The summed E-state index contributed by atoms with van der Waals surface area (Å²) in [7, 11) is 0. The second-order valence-electron chi connectivity index (χ2n) is 5.52. The zero-order valence-corrected chi connectivity index (χ0v) is 13.1. The van der Waals surface area contributed by atoms with E-state index in [4.69, 9.17) is 0 Å². The van der Waals surface area contributed by atoms with E-state index in [1.807, 2.05) is 12.1 Å². The molecular weight excluding hydrogens is 278 g/mol. The Morgan fingerprint density at radius 2 is 1.26 bits per heavy atom.